The van der Waals surface area contributed by atoms with Crippen molar-refractivity contribution in [2.75, 3.05) is 35.5 Å². The zero-order chi connectivity index (χ0) is 21.3. The number of ether oxygens (including phenoxy) is 5. The first kappa shape index (κ1) is 21.0. The molecular formula is C23H30O6. The van der Waals surface area contributed by atoms with Gasteiger partial charge >= 0.3 is 0 Å². The Labute approximate surface area is 172 Å². The molecule has 0 aromatic heterocycles. The van der Waals surface area contributed by atoms with Gasteiger partial charge in [-0.15, -0.1) is 0 Å². The quantitative estimate of drug-likeness (QED) is 0.796. The van der Waals surface area contributed by atoms with Gasteiger partial charge in [-0.2, -0.15) is 0 Å². The first-order valence-electron chi connectivity index (χ1n) is 9.70. The van der Waals surface area contributed by atoms with Gasteiger partial charge in [0.05, 0.1) is 35.5 Å². The normalized spacial score (nSPS) is 18.0. The second-order valence-electron chi connectivity index (χ2n) is 7.54. The van der Waals surface area contributed by atoms with E-state index in [1.165, 1.54) is 7.11 Å². The zero-order valence-electron chi connectivity index (χ0n) is 18.2. The van der Waals surface area contributed by atoms with Crippen LogP contribution in [-0.2, 0) is 12.8 Å². The molecule has 0 radical (unpaired) electrons. The van der Waals surface area contributed by atoms with Crippen LogP contribution in [-0.4, -0.2) is 40.7 Å². The summed E-state index contributed by atoms with van der Waals surface area (Å²) in [5, 5.41) is 11.2. The van der Waals surface area contributed by atoms with Crippen molar-refractivity contribution in [3.8, 4) is 45.6 Å². The van der Waals surface area contributed by atoms with Crippen molar-refractivity contribution in [1.82, 2.24) is 0 Å². The van der Waals surface area contributed by atoms with Crippen molar-refractivity contribution in [3.63, 3.8) is 0 Å². The number of aromatic hydroxyl groups is 1. The highest BCUT2D eigenvalue weighted by molar-refractivity contribution is 5.88. The standard InChI is InChI=1S/C23H30O6/c1-12-8-14-10-16(25-3)21(27-5)20(24)18(14)19-15(9-13(12)2)11-17(26-4)22(28-6)23(19)29-7/h10-13,24H,8-9H2,1-7H3/t12-,13+/m0/s1. The van der Waals surface area contributed by atoms with Crippen LogP contribution in [0.15, 0.2) is 12.1 Å². The fraction of sp³-hybridized carbons (Fsp3) is 0.478. The average Bonchev–Trinajstić information content (AvgIpc) is 2.72. The average molecular weight is 402 g/mol. The van der Waals surface area contributed by atoms with Gasteiger partial charge < -0.3 is 28.8 Å². The summed E-state index contributed by atoms with van der Waals surface area (Å²) in [6, 6.07) is 3.92. The molecule has 0 amide bonds. The molecule has 0 bridgehead atoms. The van der Waals surface area contributed by atoms with Gasteiger partial charge in [-0.05, 0) is 47.9 Å². The molecule has 0 heterocycles. The van der Waals surface area contributed by atoms with Crippen molar-refractivity contribution >= 4 is 0 Å². The summed E-state index contributed by atoms with van der Waals surface area (Å²) < 4.78 is 27.9. The summed E-state index contributed by atoms with van der Waals surface area (Å²) in [7, 11) is 7.87. The summed E-state index contributed by atoms with van der Waals surface area (Å²) in [4.78, 5) is 0. The van der Waals surface area contributed by atoms with Gasteiger partial charge in [0.2, 0.25) is 11.5 Å². The molecule has 6 nitrogen and oxygen atoms in total. The molecule has 0 aliphatic heterocycles. The summed E-state index contributed by atoms with van der Waals surface area (Å²) >= 11 is 0. The lowest BCUT2D eigenvalue weighted by Gasteiger charge is -2.30. The van der Waals surface area contributed by atoms with E-state index >= 15 is 0 Å². The molecule has 2 aromatic rings. The highest BCUT2D eigenvalue weighted by Crippen LogP contribution is 2.55. The minimum atomic E-state index is 0.0374. The predicted octanol–water partition coefficient (Wildman–Crippen LogP) is 4.47. The molecule has 2 aromatic carbocycles. The van der Waals surface area contributed by atoms with Crippen LogP contribution in [0.3, 0.4) is 0 Å². The third-order valence-electron chi connectivity index (χ3n) is 5.94. The molecule has 0 saturated carbocycles. The lowest BCUT2D eigenvalue weighted by atomic mass is 9.77. The van der Waals surface area contributed by atoms with Crippen molar-refractivity contribution in [2.45, 2.75) is 26.7 Å². The molecule has 3 rings (SSSR count). The molecule has 0 unspecified atom stereocenters. The Morgan fingerprint density at radius 3 is 1.55 bits per heavy atom. The summed E-state index contributed by atoms with van der Waals surface area (Å²) in [6.07, 6.45) is 1.61. The molecule has 0 spiro atoms. The Morgan fingerprint density at radius 1 is 0.655 bits per heavy atom. The van der Waals surface area contributed by atoms with Crippen LogP contribution in [0, 0.1) is 11.8 Å². The van der Waals surface area contributed by atoms with Gasteiger partial charge in [0.1, 0.15) is 0 Å². The predicted molar refractivity (Wildman–Crippen MR) is 112 cm³/mol. The van der Waals surface area contributed by atoms with Crippen LogP contribution in [0.1, 0.15) is 25.0 Å². The number of fused-ring (bicyclic) bond motifs is 3. The Kier molecular flexibility index (Phi) is 6.01. The zero-order valence-corrected chi connectivity index (χ0v) is 18.2. The van der Waals surface area contributed by atoms with Gasteiger partial charge in [0.25, 0.3) is 0 Å². The maximum absolute atomic E-state index is 11.2. The second kappa shape index (κ2) is 8.31. The number of hydrogen-bond donors (Lipinski definition) is 1. The van der Waals surface area contributed by atoms with Crippen molar-refractivity contribution < 1.29 is 28.8 Å². The molecule has 0 saturated heterocycles. The van der Waals surface area contributed by atoms with Crippen LogP contribution < -0.4 is 23.7 Å². The Bertz CT molecular complexity index is 905. The fourth-order valence-corrected chi connectivity index (χ4v) is 4.21. The van der Waals surface area contributed by atoms with E-state index in [1.807, 2.05) is 12.1 Å². The van der Waals surface area contributed by atoms with Crippen LogP contribution in [0.2, 0.25) is 0 Å². The Morgan fingerprint density at radius 2 is 1.10 bits per heavy atom. The molecular weight excluding hydrogens is 372 g/mol. The molecule has 158 valence electrons. The lowest BCUT2D eigenvalue weighted by molar-refractivity contribution is 0.320. The van der Waals surface area contributed by atoms with Gasteiger partial charge in [-0.1, -0.05) is 13.8 Å². The smallest absolute Gasteiger partial charge is 0.203 e. The molecule has 6 heteroatoms. The van der Waals surface area contributed by atoms with Gasteiger partial charge in [-0.3, -0.25) is 0 Å². The fourth-order valence-electron chi connectivity index (χ4n) is 4.21. The van der Waals surface area contributed by atoms with E-state index in [0.717, 1.165) is 29.5 Å². The van der Waals surface area contributed by atoms with Crippen LogP contribution in [0.4, 0.5) is 0 Å². The molecule has 1 N–H and O–H groups in total. The minimum absolute atomic E-state index is 0.0374. The minimum Gasteiger partial charge on any atom is -0.504 e. The molecule has 1 aliphatic rings. The summed E-state index contributed by atoms with van der Waals surface area (Å²) in [5.41, 5.74) is 3.50. The van der Waals surface area contributed by atoms with Crippen molar-refractivity contribution in [3.05, 3.63) is 23.3 Å². The first-order valence-corrected chi connectivity index (χ1v) is 9.70. The van der Waals surface area contributed by atoms with Crippen molar-refractivity contribution in [2.24, 2.45) is 11.8 Å². The van der Waals surface area contributed by atoms with Gasteiger partial charge in [0, 0.05) is 11.1 Å². The van der Waals surface area contributed by atoms with Crippen LogP contribution in [0.25, 0.3) is 11.1 Å². The van der Waals surface area contributed by atoms with Gasteiger partial charge in [0.15, 0.2) is 23.0 Å². The van der Waals surface area contributed by atoms with E-state index in [9.17, 15) is 5.11 Å². The summed E-state index contributed by atoms with van der Waals surface area (Å²) in [5.74, 6) is 3.29. The second-order valence-corrected chi connectivity index (χ2v) is 7.54. The van der Waals surface area contributed by atoms with E-state index in [2.05, 4.69) is 13.8 Å². The number of hydrogen-bond acceptors (Lipinski definition) is 6. The molecule has 2 atom stereocenters. The summed E-state index contributed by atoms with van der Waals surface area (Å²) in [6.45, 7) is 4.47. The largest absolute Gasteiger partial charge is 0.504 e. The highest BCUT2D eigenvalue weighted by Gasteiger charge is 2.32. The number of phenolic OH excluding ortho intramolecular Hbond substituents is 1. The number of rotatable bonds is 5. The highest BCUT2D eigenvalue weighted by atomic mass is 16.5. The van der Waals surface area contributed by atoms with Crippen LogP contribution in [0.5, 0.6) is 34.5 Å². The van der Waals surface area contributed by atoms with Crippen LogP contribution >= 0.6 is 0 Å². The maximum Gasteiger partial charge on any atom is 0.203 e. The van der Waals surface area contributed by atoms with E-state index < -0.39 is 0 Å². The third kappa shape index (κ3) is 3.41. The molecule has 0 fully saturated rings. The van der Waals surface area contributed by atoms with E-state index in [4.69, 9.17) is 23.7 Å². The number of methoxy groups -OCH3 is 5. The van der Waals surface area contributed by atoms with E-state index in [1.54, 1.807) is 28.4 Å². The van der Waals surface area contributed by atoms with E-state index in [0.29, 0.717) is 46.1 Å². The monoisotopic (exact) mass is 402 g/mol. The van der Waals surface area contributed by atoms with Crippen molar-refractivity contribution in [1.29, 1.82) is 0 Å². The molecule has 29 heavy (non-hydrogen) atoms. The SMILES string of the molecule is COc1cc2c(c(O)c1OC)-c1c(cc(OC)c(OC)c1OC)C[C@@H](C)[C@@H](C)C2. The van der Waals surface area contributed by atoms with Gasteiger partial charge in [-0.25, -0.2) is 0 Å². The third-order valence-corrected chi connectivity index (χ3v) is 5.94. The first-order chi connectivity index (χ1) is 13.9. The number of benzene rings is 2. The van der Waals surface area contributed by atoms with E-state index in [-0.39, 0.29) is 5.75 Å². The lowest BCUT2D eigenvalue weighted by Crippen LogP contribution is -2.18. The topological polar surface area (TPSA) is 66.4 Å². The maximum atomic E-state index is 11.2. The Balaban J connectivity index is 2.47. The Hall–Kier alpha value is -2.76. The molecule has 1 aliphatic carbocycles. The number of phenols is 1.